The van der Waals surface area contributed by atoms with E-state index in [-0.39, 0.29) is 29.5 Å². The number of nitrogens with zero attached hydrogens (tertiary/aromatic N) is 5. The van der Waals surface area contributed by atoms with Crippen LogP contribution in [0.2, 0.25) is 5.02 Å². The minimum absolute atomic E-state index is 0.112. The normalized spacial score (nSPS) is 17.2. The standard InChI is InChI=1S/C25H20ClF2N5O2S/c1-2-20(34)31-7-8-32(15(13-31)5-6-29)24-17-12-18(26)21(16-4-3-14(27)11-19(16)28)23-22(17)33(9-10-36-23)25(35)30-24/h2-4,11-12,15H,1,5,7-10,13H2/t15-/m0/s1. The number of halogens is 3. The molecule has 184 valence electrons. The monoisotopic (exact) mass is 527 g/mol. The van der Waals surface area contributed by atoms with Gasteiger partial charge in [-0.15, -0.1) is 11.8 Å². The smallest absolute Gasteiger partial charge is 0.348 e. The molecular weight excluding hydrogens is 508 g/mol. The molecular formula is C25H20ClF2N5O2S. The van der Waals surface area contributed by atoms with Gasteiger partial charge in [-0.3, -0.25) is 9.36 Å². The summed E-state index contributed by atoms with van der Waals surface area (Å²) in [6.45, 7) is 4.95. The number of piperazine rings is 1. The van der Waals surface area contributed by atoms with Crippen LogP contribution in [0.25, 0.3) is 22.0 Å². The lowest BCUT2D eigenvalue weighted by atomic mass is 10.0. The van der Waals surface area contributed by atoms with E-state index in [0.29, 0.717) is 52.6 Å². The summed E-state index contributed by atoms with van der Waals surface area (Å²) < 4.78 is 29.9. The van der Waals surface area contributed by atoms with E-state index >= 15 is 0 Å². The first-order valence-corrected chi connectivity index (χ1v) is 12.6. The Morgan fingerprint density at radius 1 is 1.31 bits per heavy atom. The van der Waals surface area contributed by atoms with Gasteiger partial charge >= 0.3 is 5.69 Å². The molecule has 1 fully saturated rings. The van der Waals surface area contributed by atoms with Crippen molar-refractivity contribution in [1.82, 2.24) is 14.5 Å². The highest BCUT2D eigenvalue weighted by Gasteiger charge is 2.33. The molecule has 2 aromatic carbocycles. The molecule has 36 heavy (non-hydrogen) atoms. The van der Waals surface area contributed by atoms with E-state index in [4.69, 9.17) is 11.6 Å². The van der Waals surface area contributed by atoms with E-state index in [1.54, 1.807) is 15.5 Å². The lowest BCUT2D eigenvalue weighted by Crippen LogP contribution is -2.55. The maximum Gasteiger partial charge on any atom is 0.350 e. The third-order valence-electron chi connectivity index (χ3n) is 6.48. The van der Waals surface area contributed by atoms with Crippen LogP contribution in [0.4, 0.5) is 14.6 Å². The molecule has 1 saturated heterocycles. The van der Waals surface area contributed by atoms with Gasteiger partial charge in [0, 0.05) is 59.4 Å². The minimum atomic E-state index is -0.751. The van der Waals surface area contributed by atoms with Gasteiger partial charge in [-0.05, 0) is 24.3 Å². The van der Waals surface area contributed by atoms with E-state index in [1.165, 1.54) is 30.0 Å². The van der Waals surface area contributed by atoms with Gasteiger partial charge in [-0.25, -0.2) is 13.6 Å². The van der Waals surface area contributed by atoms with Gasteiger partial charge in [-0.1, -0.05) is 18.2 Å². The number of hydrogen-bond donors (Lipinski definition) is 0. The van der Waals surface area contributed by atoms with Crippen LogP contribution < -0.4 is 10.6 Å². The SMILES string of the molecule is C=CC(=O)N1CCN(c2nc(=O)n3c4c(c(-c5ccc(F)cc5F)c(Cl)cc24)SCC3)[C@@H](CC#N)C1. The van der Waals surface area contributed by atoms with Crippen molar-refractivity contribution in [3.63, 3.8) is 0 Å². The molecule has 1 atom stereocenters. The van der Waals surface area contributed by atoms with Gasteiger partial charge in [0.1, 0.15) is 17.5 Å². The summed E-state index contributed by atoms with van der Waals surface area (Å²) >= 11 is 8.16. The molecule has 0 unspecified atom stereocenters. The zero-order valence-electron chi connectivity index (χ0n) is 19.0. The first-order chi connectivity index (χ1) is 17.3. The molecule has 2 aliphatic rings. The van der Waals surface area contributed by atoms with Gasteiger partial charge < -0.3 is 9.80 Å². The molecule has 11 heteroatoms. The van der Waals surface area contributed by atoms with Crippen LogP contribution in [-0.2, 0) is 11.3 Å². The van der Waals surface area contributed by atoms with Crippen LogP contribution in [0.5, 0.6) is 0 Å². The van der Waals surface area contributed by atoms with Crippen molar-refractivity contribution < 1.29 is 13.6 Å². The molecule has 0 spiro atoms. The summed E-state index contributed by atoms with van der Waals surface area (Å²) in [5.74, 6) is -0.755. The third kappa shape index (κ3) is 4.02. The Morgan fingerprint density at radius 3 is 2.83 bits per heavy atom. The van der Waals surface area contributed by atoms with Gasteiger partial charge in [-0.2, -0.15) is 10.2 Å². The van der Waals surface area contributed by atoms with Crippen LogP contribution in [0.1, 0.15) is 6.42 Å². The summed E-state index contributed by atoms with van der Waals surface area (Å²) in [7, 11) is 0. The summed E-state index contributed by atoms with van der Waals surface area (Å²) in [6, 6.07) is 6.72. The average Bonchev–Trinajstić information content (AvgIpc) is 2.86. The second-order valence-electron chi connectivity index (χ2n) is 8.50. The zero-order valence-corrected chi connectivity index (χ0v) is 20.6. The van der Waals surface area contributed by atoms with E-state index in [9.17, 15) is 23.6 Å². The Balaban J connectivity index is 1.72. The number of rotatable bonds is 4. The number of nitriles is 1. The summed E-state index contributed by atoms with van der Waals surface area (Å²) in [5, 5.41) is 10.3. The van der Waals surface area contributed by atoms with E-state index < -0.39 is 23.4 Å². The highest BCUT2D eigenvalue weighted by Crippen LogP contribution is 2.46. The Labute approximate surface area is 214 Å². The fourth-order valence-electron chi connectivity index (χ4n) is 4.85. The highest BCUT2D eigenvalue weighted by atomic mass is 35.5. The van der Waals surface area contributed by atoms with Crippen molar-refractivity contribution in [3.05, 3.63) is 64.1 Å². The second-order valence-corrected chi connectivity index (χ2v) is 10.0. The zero-order chi connectivity index (χ0) is 25.6. The van der Waals surface area contributed by atoms with Gasteiger partial charge in [0.05, 0.1) is 29.1 Å². The van der Waals surface area contributed by atoms with Gasteiger partial charge in [0.15, 0.2) is 0 Å². The predicted molar refractivity (Wildman–Crippen MR) is 135 cm³/mol. The van der Waals surface area contributed by atoms with Crippen LogP contribution >= 0.6 is 23.4 Å². The quantitative estimate of drug-likeness (QED) is 0.473. The van der Waals surface area contributed by atoms with Crippen molar-refractivity contribution in [3.8, 4) is 17.2 Å². The number of amides is 1. The summed E-state index contributed by atoms with van der Waals surface area (Å²) in [5.41, 5.74) is 0.646. The number of thioether (sulfide) groups is 1. The summed E-state index contributed by atoms with van der Waals surface area (Å²) in [4.78, 5) is 33.8. The third-order valence-corrected chi connectivity index (χ3v) is 7.85. The molecule has 0 bridgehead atoms. The summed E-state index contributed by atoms with van der Waals surface area (Å²) in [6.07, 6.45) is 1.35. The Bertz CT molecular complexity index is 1520. The Hall–Kier alpha value is -3.42. The molecule has 7 nitrogen and oxygen atoms in total. The molecule has 0 saturated carbocycles. The Kier molecular flexibility index (Phi) is 6.45. The number of anilines is 1. The number of hydrogen-bond acceptors (Lipinski definition) is 6. The lowest BCUT2D eigenvalue weighted by Gasteiger charge is -2.41. The average molecular weight is 528 g/mol. The first kappa shape index (κ1) is 24.3. The maximum atomic E-state index is 14.8. The van der Waals surface area contributed by atoms with Gasteiger partial charge in [0.2, 0.25) is 5.91 Å². The molecule has 0 aliphatic carbocycles. The van der Waals surface area contributed by atoms with E-state index in [1.807, 2.05) is 4.90 Å². The number of aromatic nitrogens is 2. The van der Waals surface area contributed by atoms with Crippen LogP contribution in [0.15, 0.2) is 46.6 Å². The van der Waals surface area contributed by atoms with E-state index in [0.717, 1.165) is 6.07 Å². The maximum absolute atomic E-state index is 14.8. The first-order valence-electron chi connectivity index (χ1n) is 11.2. The van der Waals surface area contributed by atoms with Crippen LogP contribution in [0.3, 0.4) is 0 Å². The molecule has 1 aromatic heterocycles. The molecule has 0 N–H and O–H groups in total. The van der Waals surface area contributed by atoms with Crippen molar-refractivity contribution >= 4 is 46.0 Å². The van der Waals surface area contributed by atoms with Gasteiger partial charge in [0.25, 0.3) is 0 Å². The predicted octanol–water partition coefficient (Wildman–Crippen LogP) is 4.22. The minimum Gasteiger partial charge on any atom is -0.348 e. The molecule has 1 amide bonds. The number of carbonyl (C=O) groups is 1. The van der Waals surface area contributed by atoms with Crippen molar-refractivity contribution in [1.29, 1.82) is 5.26 Å². The molecule has 3 heterocycles. The number of aryl methyl sites for hydroxylation is 1. The number of benzene rings is 2. The van der Waals surface area contributed by atoms with Crippen LogP contribution in [-0.4, -0.2) is 51.8 Å². The largest absolute Gasteiger partial charge is 0.350 e. The number of carbonyl (C=O) groups excluding carboxylic acids is 1. The highest BCUT2D eigenvalue weighted by molar-refractivity contribution is 7.99. The van der Waals surface area contributed by atoms with Crippen LogP contribution in [0, 0.1) is 23.0 Å². The fourth-order valence-corrected chi connectivity index (χ4v) is 6.41. The fraction of sp³-hybridized carbons (Fsp3) is 0.280. The molecule has 5 rings (SSSR count). The van der Waals surface area contributed by atoms with Crippen molar-refractivity contribution in [2.45, 2.75) is 23.9 Å². The second kappa shape index (κ2) is 9.56. The molecule has 2 aliphatic heterocycles. The van der Waals surface area contributed by atoms with E-state index in [2.05, 4.69) is 17.6 Å². The lowest BCUT2D eigenvalue weighted by molar-refractivity contribution is -0.126. The Morgan fingerprint density at radius 2 is 2.11 bits per heavy atom. The van der Waals surface area contributed by atoms with Crippen molar-refractivity contribution in [2.24, 2.45) is 0 Å². The topological polar surface area (TPSA) is 82.2 Å². The molecule has 3 aromatic rings. The van der Waals surface area contributed by atoms with Crippen molar-refractivity contribution in [2.75, 3.05) is 30.3 Å². The molecule has 0 radical (unpaired) electrons.